The SMILES string of the molecule is N#Cc1cc(-c2ccco2)c2ccc(OCc3cccc(C4(O)CC5COC(C4)O5)n3)cc2c1. The molecule has 7 nitrogen and oxygen atoms in total. The van der Waals surface area contributed by atoms with Crippen molar-refractivity contribution in [1.82, 2.24) is 4.98 Å². The van der Waals surface area contributed by atoms with Crippen LogP contribution in [0.5, 0.6) is 5.75 Å². The number of furan rings is 1. The second kappa shape index (κ2) is 8.26. The first-order valence-electron chi connectivity index (χ1n) is 11.2. The Morgan fingerprint density at radius 3 is 2.88 bits per heavy atom. The third-order valence-electron chi connectivity index (χ3n) is 6.39. The number of ether oxygens (including phenoxy) is 3. The summed E-state index contributed by atoms with van der Waals surface area (Å²) in [5, 5.41) is 22.5. The first-order valence-corrected chi connectivity index (χ1v) is 11.2. The lowest BCUT2D eigenvalue weighted by Crippen LogP contribution is -2.40. The molecule has 3 atom stereocenters. The number of aliphatic hydroxyl groups is 1. The fourth-order valence-electron chi connectivity index (χ4n) is 4.78. The summed E-state index contributed by atoms with van der Waals surface area (Å²) in [5.41, 5.74) is 1.67. The fraction of sp³-hybridized carbons (Fsp3) is 0.259. The molecular formula is C27H22N2O5. The van der Waals surface area contributed by atoms with Crippen molar-refractivity contribution in [1.29, 1.82) is 5.26 Å². The predicted octanol–water partition coefficient (Wildman–Crippen LogP) is 4.67. The van der Waals surface area contributed by atoms with Crippen molar-refractivity contribution >= 4 is 10.8 Å². The monoisotopic (exact) mass is 454 g/mol. The first kappa shape index (κ1) is 20.9. The van der Waals surface area contributed by atoms with E-state index in [1.165, 1.54) is 0 Å². The summed E-state index contributed by atoms with van der Waals surface area (Å²) in [6.45, 7) is 0.755. The minimum atomic E-state index is -1.07. The molecule has 2 fully saturated rings. The van der Waals surface area contributed by atoms with E-state index < -0.39 is 5.60 Å². The Kier molecular flexibility index (Phi) is 5.07. The number of pyridine rings is 1. The molecule has 2 aliphatic heterocycles. The Morgan fingerprint density at radius 1 is 1.12 bits per heavy atom. The maximum Gasteiger partial charge on any atom is 0.161 e. The molecule has 0 spiro atoms. The van der Waals surface area contributed by atoms with Crippen LogP contribution in [0.1, 0.15) is 29.8 Å². The smallest absolute Gasteiger partial charge is 0.161 e. The van der Waals surface area contributed by atoms with Gasteiger partial charge in [-0.25, -0.2) is 0 Å². The number of benzene rings is 2. The molecule has 2 bridgehead atoms. The van der Waals surface area contributed by atoms with E-state index in [4.69, 9.17) is 18.6 Å². The highest BCUT2D eigenvalue weighted by atomic mass is 16.7. The maximum atomic E-state index is 11.2. The Labute approximate surface area is 196 Å². The van der Waals surface area contributed by atoms with Crippen LogP contribution < -0.4 is 4.74 Å². The molecular weight excluding hydrogens is 432 g/mol. The molecule has 0 amide bonds. The Bertz CT molecular complexity index is 1380. The Hall–Kier alpha value is -3.70. The zero-order valence-electron chi connectivity index (χ0n) is 18.3. The number of rotatable bonds is 5. The van der Waals surface area contributed by atoms with Crippen LogP contribution in [0.3, 0.4) is 0 Å². The fourth-order valence-corrected chi connectivity index (χ4v) is 4.78. The first-order chi connectivity index (χ1) is 16.6. The van der Waals surface area contributed by atoms with Gasteiger partial charge in [0, 0.05) is 18.4 Å². The molecule has 34 heavy (non-hydrogen) atoms. The number of nitriles is 1. The van der Waals surface area contributed by atoms with E-state index in [0.29, 0.717) is 47.9 Å². The van der Waals surface area contributed by atoms with Gasteiger partial charge in [-0.05, 0) is 65.4 Å². The van der Waals surface area contributed by atoms with E-state index in [1.807, 2.05) is 60.7 Å². The van der Waals surface area contributed by atoms with E-state index in [-0.39, 0.29) is 19.0 Å². The summed E-state index contributed by atoms with van der Waals surface area (Å²) in [7, 11) is 0. The average Bonchev–Trinajstić information content (AvgIpc) is 3.52. The highest BCUT2D eigenvalue weighted by molar-refractivity contribution is 5.97. The van der Waals surface area contributed by atoms with Crippen molar-refractivity contribution in [2.45, 2.75) is 37.4 Å². The van der Waals surface area contributed by atoms with E-state index in [2.05, 4.69) is 11.1 Å². The average molecular weight is 454 g/mol. The number of hydrogen-bond acceptors (Lipinski definition) is 7. The number of nitrogens with zero attached hydrogens (tertiary/aromatic N) is 2. The molecule has 2 aliphatic rings. The van der Waals surface area contributed by atoms with Crippen LogP contribution in [-0.4, -0.2) is 29.1 Å². The molecule has 0 saturated carbocycles. The van der Waals surface area contributed by atoms with Crippen LogP contribution in [0.4, 0.5) is 0 Å². The minimum Gasteiger partial charge on any atom is -0.487 e. The van der Waals surface area contributed by atoms with Crippen molar-refractivity contribution in [2.75, 3.05) is 6.61 Å². The van der Waals surface area contributed by atoms with Crippen molar-refractivity contribution in [2.24, 2.45) is 0 Å². The molecule has 4 aromatic rings. The summed E-state index contributed by atoms with van der Waals surface area (Å²) in [4.78, 5) is 4.68. The zero-order chi connectivity index (χ0) is 23.1. The lowest BCUT2D eigenvalue weighted by atomic mass is 9.87. The summed E-state index contributed by atoms with van der Waals surface area (Å²) < 4.78 is 22.8. The zero-order valence-corrected chi connectivity index (χ0v) is 18.3. The van der Waals surface area contributed by atoms with Crippen molar-refractivity contribution < 1.29 is 23.7 Å². The van der Waals surface area contributed by atoms with Crippen molar-refractivity contribution in [3.63, 3.8) is 0 Å². The highest BCUT2D eigenvalue weighted by Crippen LogP contribution is 2.40. The normalized spacial score (nSPS) is 23.6. The van der Waals surface area contributed by atoms with E-state index in [0.717, 1.165) is 16.3 Å². The van der Waals surface area contributed by atoms with Crippen LogP contribution in [0.25, 0.3) is 22.1 Å². The Morgan fingerprint density at radius 2 is 2.06 bits per heavy atom. The number of hydrogen-bond donors (Lipinski definition) is 1. The van der Waals surface area contributed by atoms with Gasteiger partial charge in [0.15, 0.2) is 6.29 Å². The maximum absolute atomic E-state index is 11.2. The topological polar surface area (TPSA) is 97.7 Å². The van der Waals surface area contributed by atoms with Crippen molar-refractivity contribution in [3.8, 4) is 23.1 Å². The minimum absolute atomic E-state index is 0.104. The van der Waals surface area contributed by atoms with Crippen LogP contribution in [-0.2, 0) is 21.7 Å². The third kappa shape index (κ3) is 3.82. The summed E-state index contributed by atoms with van der Waals surface area (Å²) >= 11 is 0. The van der Waals surface area contributed by atoms with E-state index in [9.17, 15) is 10.4 Å². The molecule has 1 N–H and O–H groups in total. The molecule has 0 radical (unpaired) electrons. The van der Waals surface area contributed by atoms with E-state index in [1.54, 1.807) is 6.26 Å². The molecule has 3 unspecified atom stereocenters. The van der Waals surface area contributed by atoms with Crippen LogP contribution >= 0.6 is 0 Å². The molecule has 170 valence electrons. The summed E-state index contributed by atoms with van der Waals surface area (Å²) in [6, 6.07) is 21.0. The van der Waals surface area contributed by atoms with Gasteiger partial charge in [0.05, 0.1) is 42.0 Å². The van der Waals surface area contributed by atoms with Gasteiger partial charge in [-0.2, -0.15) is 5.26 Å². The van der Waals surface area contributed by atoms with Gasteiger partial charge in [0.2, 0.25) is 0 Å². The molecule has 6 rings (SSSR count). The quantitative estimate of drug-likeness (QED) is 0.468. The summed E-state index contributed by atoms with van der Waals surface area (Å²) in [6.07, 6.45) is 1.96. The number of fused-ring (bicyclic) bond motifs is 3. The molecule has 4 heterocycles. The largest absolute Gasteiger partial charge is 0.487 e. The number of aromatic nitrogens is 1. The van der Waals surface area contributed by atoms with Gasteiger partial charge in [-0.3, -0.25) is 4.98 Å². The van der Waals surface area contributed by atoms with Gasteiger partial charge in [0.1, 0.15) is 23.7 Å². The summed E-state index contributed by atoms with van der Waals surface area (Å²) in [5.74, 6) is 1.37. The third-order valence-corrected chi connectivity index (χ3v) is 6.39. The van der Waals surface area contributed by atoms with Crippen LogP contribution in [0.15, 0.2) is 71.3 Å². The molecule has 7 heteroatoms. The lowest BCUT2D eigenvalue weighted by molar-refractivity contribution is -0.160. The Balaban J connectivity index is 1.24. The van der Waals surface area contributed by atoms with Crippen molar-refractivity contribution in [3.05, 3.63) is 83.9 Å². The lowest BCUT2D eigenvalue weighted by Gasteiger charge is -2.34. The van der Waals surface area contributed by atoms with Gasteiger partial charge in [-0.15, -0.1) is 0 Å². The van der Waals surface area contributed by atoms with Gasteiger partial charge in [-0.1, -0.05) is 6.07 Å². The van der Waals surface area contributed by atoms with E-state index >= 15 is 0 Å². The second-order valence-electron chi connectivity index (χ2n) is 8.76. The standard InChI is InChI=1S/C27H22N2O5/c28-14-17-9-18-11-20(6-7-22(18)23(10-17)24-4-2-8-31-24)32-15-19-3-1-5-25(29-19)27(30)12-21-16-33-26(13-27)34-21/h1-11,21,26,30H,12-13,15-16H2. The molecule has 2 saturated heterocycles. The predicted molar refractivity (Wildman–Crippen MR) is 123 cm³/mol. The van der Waals surface area contributed by atoms with Crippen LogP contribution in [0, 0.1) is 11.3 Å². The van der Waals surface area contributed by atoms with Gasteiger partial charge in [0.25, 0.3) is 0 Å². The highest BCUT2D eigenvalue weighted by Gasteiger charge is 2.46. The molecule has 2 aromatic heterocycles. The van der Waals surface area contributed by atoms with Crippen LogP contribution in [0.2, 0.25) is 0 Å². The van der Waals surface area contributed by atoms with Gasteiger partial charge < -0.3 is 23.7 Å². The molecule has 0 aliphatic carbocycles. The van der Waals surface area contributed by atoms with Gasteiger partial charge >= 0.3 is 0 Å². The second-order valence-corrected chi connectivity index (χ2v) is 8.76. The molecule has 2 aromatic carbocycles.